The first-order valence-corrected chi connectivity index (χ1v) is 6.30. The van der Waals surface area contributed by atoms with Crippen LogP contribution in [0.5, 0.6) is 0 Å². The molecular weight excluding hydrogens is 236 g/mol. The summed E-state index contributed by atoms with van der Waals surface area (Å²) in [7, 11) is 0. The molecule has 1 aliphatic rings. The third-order valence-electron chi connectivity index (χ3n) is 3.48. The van der Waals surface area contributed by atoms with Crippen molar-refractivity contribution in [3.8, 4) is 0 Å². The minimum Gasteiger partial charge on any atom is -0.369 e. The van der Waals surface area contributed by atoms with Crippen LogP contribution in [0.4, 0.5) is 5.95 Å². The summed E-state index contributed by atoms with van der Waals surface area (Å²) in [5.41, 5.74) is 7.55. The maximum absolute atomic E-state index is 5.94. The number of aromatic nitrogens is 3. The normalized spacial score (nSPS) is 17.5. The highest BCUT2D eigenvalue weighted by atomic mass is 35.5. The van der Waals surface area contributed by atoms with Crippen LogP contribution in [0.25, 0.3) is 11.2 Å². The Labute approximate surface area is 105 Å². The Morgan fingerprint density at radius 1 is 1.59 bits per heavy atom. The second-order valence-electron chi connectivity index (χ2n) is 4.89. The topological polar surface area (TPSA) is 56.7 Å². The molecule has 17 heavy (non-hydrogen) atoms. The molecule has 1 aliphatic carbocycles. The largest absolute Gasteiger partial charge is 0.369 e. The van der Waals surface area contributed by atoms with Crippen LogP contribution in [-0.2, 0) is 6.54 Å². The van der Waals surface area contributed by atoms with E-state index in [1.165, 1.54) is 12.8 Å². The molecule has 0 amide bonds. The van der Waals surface area contributed by atoms with Crippen molar-refractivity contribution in [1.29, 1.82) is 0 Å². The summed E-state index contributed by atoms with van der Waals surface area (Å²) >= 11 is 5.89. The predicted molar refractivity (Wildman–Crippen MR) is 68.8 cm³/mol. The minimum absolute atomic E-state index is 0.530. The van der Waals surface area contributed by atoms with Crippen LogP contribution in [-0.4, -0.2) is 14.5 Å². The van der Waals surface area contributed by atoms with Gasteiger partial charge in [0.25, 0.3) is 0 Å². The number of nitrogen functional groups attached to an aromatic ring is 1. The number of imidazole rings is 1. The van der Waals surface area contributed by atoms with Crippen molar-refractivity contribution in [2.45, 2.75) is 26.3 Å². The van der Waals surface area contributed by atoms with E-state index in [0.717, 1.165) is 23.6 Å². The van der Waals surface area contributed by atoms with E-state index in [0.29, 0.717) is 16.9 Å². The Balaban J connectivity index is 1.99. The number of hydrogen-bond acceptors (Lipinski definition) is 3. The standard InChI is InChI=1S/C12H15ClN4/c1-7(8-2-3-8)6-17-11-10(16-12(17)14)4-9(13)5-15-11/h4-5,7-8H,2-3,6H2,1H3,(H2,14,16). The molecule has 1 fully saturated rings. The first-order valence-electron chi connectivity index (χ1n) is 5.92. The molecule has 2 aromatic heterocycles. The number of pyridine rings is 1. The summed E-state index contributed by atoms with van der Waals surface area (Å²) in [6.45, 7) is 3.15. The van der Waals surface area contributed by atoms with Crippen molar-refractivity contribution in [1.82, 2.24) is 14.5 Å². The molecule has 0 aliphatic heterocycles. The fourth-order valence-electron chi connectivity index (χ4n) is 2.29. The zero-order chi connectivity index (χ0) is 12.0. The molecule has 0 radical (unpaired) electrons. The number of anilines is 1. The smallest absolute Gasteiger partial charge is 0.202 e. The number of nitrogens with zero attached hydrogens (tertiary/aromatic N) is 3. The average Bonchev–Trinajstić information content (AvgIpc) is 3.06. The maximum Gasteiger partial charge on any atom is 0.202 e. The van der Waals surface area contributed by atoms with Gasteiger partial charge in [-0.1, -0.05) is 18.5 Å². The van der Waals surface area contributed by atoms with Crippen LogP contribution in [0.1, 0.15) is 19.8 Å². The molecule has 1 unspecified atom stereocenters. The van der Waals surface area contributed by atoms with Gasteiger partial charge in [0.2, 0.25) is 5.95 Å². The van der Waals surface area contributed by atoms with Gasteiger partial charge in [-0.25, -0.2) is 9.97 Å². The van der Waals surface area contributed by atoms with Crippen LogP contribution in [0.2, 0.25) is 5.02 Å². The van der Waals surface area contributed by atoms with Gasteiger partial charge in [0.05, 0.1) is 5.02 Å². The summed E-state index contributed by atoms with van der Waals surface area (Å²) in [6, 6.07) is 1.80. The van der Waals surface area contributed by atoms with E-state index in [1.807, 2.05) is 4.57 Å². The van der Waals surface area contributed by atoms with Crippen molar-refractivity contribution in [2.24, 2.45) is 11.8 Å². The highest BCUT2D eigenvalue weighted by molar-refractivity contribution is 6.31. The average molecular weight is 251 g/mol. The van der Waals surface area contributed by atoms with Gasteiger partial charge >= 0.3 is 0 Å². The molecular formula is C12H15ClN4. The molecule has 1 atom stereocenters. The Morgan fingerprint density at radius 3 is 3.06 bits per heavy atom. The number of hydrogen-bond donors (Lipinski definition) is 1. The van der Waals surface area contributed by atoms with Crippen LogP contribution in [0.15, 0.2) is 12.3 Å². The lowest BCUT2D eigenvalue weighted by atomic mass is 10.1. The van der Waals surface area contributed by atoms with Crippen molar-refractivity contribution in [3.05, 3.63) is 17.3 Å². The molecule has 0 aromatic carbocycles. The van der Waals surface area contributed by atoms with E-state index in [-0.39, 0.29) is 0 Å². The van der Waals surface area contributed by atoms with Gasteiger partial charge in [-0.15, -0.1) is 0 Å². The molecule has 0 saturated heterocycles. The first-order chi connectivity index (χ1) is 8.15. The Hall–Kier alpha value is -1.29. The molecule has 2 heterocycles. The Bertz CT molecular complexity index is 559. The third kappa shape index (κ3) is 1.97. The van der Waals surface area contributed by atoms with Gasteiger partial charge < -0.3 is 5.73 Å². The Kier molecular flexibility index (Phi) is 2.47. The molecule has 1 saturated carbocycles. The second-order valence-corrected chi connectivity index (χ2v) is 5.33. The monoisotopic (exact) mass is 250 g/mol. The van der Waals surface area contributed by atoms with Gasteiger partial charge in [-0.05, 0) is 30.7 Å². The van der Waals surface area contributed by atoms with E-state index in [4.69, 9.17) is 17.3 Å². The summed E-state index contributed by atoms with van der Waals surface area (Å²) in [4.78, 5) is 8.62. The summed E-state index contributed by atoms with van der Waals surface area (Å²) in [5.74, 6) is 2.01. The quantitative estimate of drug-likeness (QED) is 0.911. The van der Waals surface area contributed by atoms with E-state index in [1.54, 1.807) is 12.3 Å². The lowest BCUT2D eigenvalue weighted by molar-refractivity contribution is 0.438. The van der Waals surface area contributed by atoms with Gasteiger partial charge in [0, 0.05) is 12.7 Å². The van der Waals surface area contributed by atoms with E-state index in [9.17, 15) is 0 Å². The molecule has 4 nitrogen and oxygen atoms in total. The van der Waals surface area contributed by atoms with Gasteiger partial charge in [0.1, 0.15) is 5.52 Å². The molecule has 5 heteroatoms. The fraction of sp³-hybridized carbons (Fsp3) is 0.500. The number of fused-ring (bicyclic) bond motifs is 1. The number of rotatable bonds is 3. The highest BCUT2D eigenvalue weighted by Crippen LogP contribution is 2.38. The molecule has 2 aromatic rings. The summed E-state index contributed by atoms with van der Waals surface area (Å²) in [5, 5.41) is 0.595. The van der Waals surface area contributed by atoms with Crippen LogP contribution in [0, 0.1) is 11.8 Å². The summed E-state index contributed by atoms with van der Waals surface area (Å²) < 4.78 is 1.99. The molecule has 0 bridgehead atoms. The van der Waals surface area contributed by atoms with E-state index < -0.39 is 0 Å². The van der Waals surface area contributed by atoms with Gasteiger partial charge in [-0.2, -0.15) is 0 Å². The van der Waals surface area contributed by atoms with Crippen molar-refractivity contribution < 1.29 is 0 Å². The van der Waals surface area contributed by atoms with E-state index >= 15 is 0 Å². The summed E-state index contributed by atoms with van der Waals surface area (Å²) in [6.07, 6.45) is 4.32. The van der Waals surface area contributed by atoms with Crippen molar-refractivity contribution in [2.75, 3.05) is 5.73 Å². The van der Waals surface area contributed by atoms with Crippen LogP contribution in [0.3, 0.4) is 0 Å². The third-order valence-corrected chi connectivity index (χ3v) is 3.69. The molecule has 3 rings (SSSR count). The van der Waals surface area contributed by atoms with Crippen LogP contribution >= 0.6 is 11.6 Å². The number of halogens is 1. The van der Waals surface area contributed by atoms with E-state index in [2.05, 4.69) is 16.9 Å². The SMILES string of the molecule is CC(Cn1c(N)nc2cc(Cl)cnc21)C1CC1. The lowest BCUT2D eigenvalue weighted by Gasteiger charge is -2.12. The lowest BCUT2D eigenvalue weighted by Crippen LogP contribution is -2.12. The van der Waals surface area contributed by atoms with Crippen LogP contribution < -0.4 is 5.73 Å². The molecule has 2 N–H and O–H groups in total. The van der Waals surface area contributed by atoms with Gasteiger partial charge in [0.15, 0.2) is 5.65 Å². The zero-order valence-corrected chi connectivity index (χ0v) is 10.5. The number of nitrogens with two attached hydrogens (primary N) is 1. The van der Waals surface area contributed by atoms with Crippen molar-refractivity contribution in [3.63, 3.8) is 0 Å². The van der Waals surface area contributed by atoms with Gasteiger partial charge in [-0.3, -0.25) is 4.57 Å². The second kappa shape index (κ2) is 3.88. The maximum atomic E-state index is 5.94. The first kappa shape index (κ1) is 10.8. The zero-order valence-electron chi connectivity index (χ0n) is 9.73. The highest BCUT2D eigenvalue weighted by Gasteiger charge is 2.28. The van der Waals surface area contributed by atoms with Crippen molar-refractivity contribution >= 4 is 28.7 Å². The predicted octanol–water partition coefficient (Wildman–Crippen LogP) is 2.71. The Morgan fingerprint density at radius 2 is 2.35 bits per heavy atom. The molecule has 0 spiro atoms. The molecule has 90 valence electrons. The minimum atomic E-state index is 0.530. The fourth-order valence-corrected chi connectivity index (χ4v) is 2.44.